The molecular weight excluding hydrogens is 410 g/mol. The van der Waals surface area contributed by atoms with Gasteiger partial charge in [0.1, 0.15) is 11.6 Å². The molecule has 5 rings (SSSR count). The van der Waals surface area contributed by atoms with E-state index >= 15 is 0 Å². The Morgan fingerprint density at radius 1 is 1.03 bits per heavy atom. The highest BCUT2D eigenvalue weighted by molar-refractivity contribution is 6.00. The van der Waals surface area contributed by atoms with Crippen LogP contribution in [-0.2, 0) is 13.5 Å². The molecule has 2 aromatic carbocycles. The summed E-state index contributed by atoms with van der Waals surface area (Å²) in [5.41, 5.74) is 5.81. The molecule has 170 valence electrons. The first-order valence-electron chi connectivity index (χ1n) is 11.7. The molecule has 0 saturated carbocycles. The molecule has 0 spiro atoms. The van der Waals surface area contributed by atoms with Crippen molar-refractivity contribution in [2.24, 2.45) is 7.05 Å². The summed E-state index contributed by atoms with van der Waals surface area (Å²) >= 11 is 0. The van der Waals surface area contributed by atoms with Crippen molar-refractivity contribution in [3.63, 3.8) is 0 Å². The van der Waals surface area contributed by atoms with Gasteiger partial charge < -0.3 is 15.0 Å². The van der Waals surface area contributed by atoms with Crippen molar-refractivity contribution >= 4 is 16.6 Å². The molecule has 1 N–H and O–H groups in total. The van der Waals surface area contributed by atoms with Crippen LogP contribution in [0.5, 0.6) is 5.75 Å². The SMILES string of the molecule is Cc1nn(C)c(C)c1CCOc1ccc2ccccc2c1-c1ccnc(N2CCNCC2)c1. The Labute approximate surface area is 195 Å². The number of piperazine rings is 1. The third-order valence-electron chi connectivity index (χ3n) is 6.63. The maximum absolute atomic E-state index is 6.43. The quantitative estimate of drug-likeness (QED) is 0.484. The number of aryl methyl sites for hydroxylation is 2. The lowest BCUT2D eigenvalue weighted by atomic mass is 9.97. The summed E-state index contributed by atoms with van der Waals surface area (Å²) in [7, 11) is 1.99. The summed E-state index contributed by atoms with van der Waals surface area (Å²) in [6, 6.07) is 17.1. The van der Waals surface area contributed by atoms with Gasteiger partial charge in [-0.3, -0.25) is 4.68 Å². The minimum atomic E-state index is 0.606. The van der Waals surface area contributed by atoms with Crippen LogP contribution in [0, 0.1) is 13.8 Å². The largest absolute Gasteiger partial charge is 0.493 e. The van der Waals surface area contributed by atoms with Crippen LogP contribution in [0.15, 0.2) is 54.7 Å². The van der Waals surface area contributed by atoms with Gasteiger partial charge in [-0.15, -0.1) is 0 Å². The minimum Gasteiger partial charge on any atom is -0.493 e. The zero-order valence-corrected chi connectivity index (χ0v) is 19.6. The number of aromatic nitrogens is 3. The molecule has 0 radical (unpaired) electrons. The predicted octanol–water partition coefficient (Wildman–Crippen LogP) is 4.28. The molecular formula is C27H31N5O. The number of pyridine rings is 1. The van der Waals surface area contributed by atoms with Gasteiger partial charge in [0.2, 0.25) is 0 Å². The first-order valence-corrected chi connectivity index (χ1v) is 11.7. The van der Waals surface area contributed by atoms with E-state index in [2.05, 4.69) is 82.7 Å². The second kappa shape index (κ2) is 9.24. The van der Waals surface area contributed by atoms with Crippen molar-refractivity contribution in [2.75, 3.05) is 37.7 Å². The van der Waals surface area contributed by atoms with E-state index in [1.54, 1.807) is 0 Å². The predicted molar refractivity (Wildman–Crippen MR) is 134 cm³/mol. The fourth-order valence-corrected chi connectivity index (χ4v) is 4.75. The van der Waals surface area contributed by atoms with Crippen LogP contribution in [-0.4, -0.2) is 47.6 Å². The fraction of sp³-hybridized carbons (Fsp3) is 0.333. The van der Waals surface area contributed by atoms with Crippen LogP contribution >= 0.6 is 0 Å². The number of hydrogen-bond donors (Lipinski definition) is 1. The van der Waals surface area contributed by atoms with Gasteiger partial charge >= 0.3 is 0 Å². The molecule has 4 aromatic rings. The van der Waals surface area contributed by atoms with E-state index in [1.807, 2.05) is 17.9 Å². The molecule has 3 heterocycles. The van der Waals surface area contributed by atoms with Crippen molar-refractivity contribution in [3.05, 3.63) is 71.7 Å². The second-order valence-electron chi connectivity index (χ2n) is 8.67. The summed E-state index contributed by atoms with van der Waals surface area (Å²) in [5.74, 6) is 1.93. The Kier molecular flexibility index (Phi) is 6.01. The number of rotatable bonds is 6. The lowest BCUT2D eigenvalue weighted by molar-refractivity contribution is 0.323. The topological polar surface area (TPSA) is 55.2 Å². The van der Waals surface area contributed by atoms with Crippen LogP contribution in [0.1, 0.15) is 17.0 Å². The molecule has 0 bridgehead atoms. The van der Waals surface area contributed by atoms with Gasteiger partial charge in [-0.25, -0.2) is 4.98 Å². The summed E-state index contributed by atoms with van der Waals surface area (Å²) < 4.78 is 8.37. The Morgan fingerprint density at radius 2 is 1.85 bits per heavy atom. The smallest absolute Gasteiger partial charge is 0.129 e. The molecule has 1 fully saturated rings. The number of nitrogens with one attached hydrogen (secondary N) is 1. The molecule has 0 unspecified atom stereocenters. The molecule has 33 heavy (non-hydrogen) atoms. The average Bonchev–Trinajstić information content (AvgIpc) is 3.10. The number of benzene rings is 2. The molecule has 0 amide bonds. The van der Waals surface area contributed by atoms with E-state index in [-0.39, 0.29) is 0 Å². The van der Waals surface area contributed by atoms with E-state index in [0.717, 1.165) is 61.0 Å². The third kappa shape index (κ3) is 4.31. The van der Waals surface area contributed by atoms with Gasteiger partial charge in [0.15, 0.2) is 0 Å². The summed E-state index contributed by atoms with van der Waals surface area (Å²) in [5, 5.41) is 10.4. The normalized spacial score (nSPS) is 14.1. The van der Waals surface area contributed by atoms with Gasteiger partial charge in [-0.2, -0.15) is 5.10 Å². The highest BCUT2D eigenvalue weighted by Crippen LogP contribution is 2.38. The van der Waals surface area contributed by atoms with E-state index in [4.69, 9.17) is 4.74 Å². The zero-order chi connectivity index (χ0) is 22.8. The molecule has 6 heteroatoms. The second-order valence-corrected chi connectivity index (χ2v) is 8.67. The zero-order valence-electron chi connectivity index (χ0n) is 19.6. The monoisotopic (exact) mass is 441 g/mol. The maximum Gasteiger partial charge on any atom is 0.129 e. The van der Waals surface area contributed by atoms with E-state index in [0.29, 0.717) is 6.61 Å². The van der Waals surface area contributed by atoms with Crippen molar-refractivity contribution in [1.82, 2.24) is 20.1 Å². The highest BCUT2D eigenvalue weighted by atomic mass is 16.5. The average molecular weight is 442 g/mol. The number of hydrogen-bond acceptors (Lipinski definition) is 5. The number of nitrogens with zero attached hydrogens (tertiary/aromatic N) is 4. The van der Waals surface area contributed by atoms with Gasteiger partial charge in [-0.05, 0) is 53.9 Å². The summed E-state index contributed by atoms with van der Waals surface area (Å²) in [4.78, 5) is 7.02. The van der Waals surface area contributed by atoms with Crippen LogP contribution in [0.2, 0.25) is 0 Å². The molecule has 1 saturated heterocycles. The van der Waals surface area contributed by atoms with Gasteiger partial charge in [0.25, 0.3) is 0 Å². The van der Waals surface area contributed by atoms with E-state index in [1.165, 1.54) is 22.0 Å². The Bertz CT molecular complexity index is 1270. The van der Waals surface area contributed by atoms with Crippen molar-refractivity contribution in [3.8, 4) is 16.9 Å². The van der Waals surface area contributed by atoms with Gasteiger partial charge in [-0.1, -0.05) is 30.3 Å². The Hall–Kier alpha value is -3.38. The number of ether oxygens (including phenoxy) is 1. The summed E-state index contributed by atoms with van der Waals surface area (Å²) in [6.45, 7) is 8.71. The first-order chi connectivity index (χ1) is 16.1. The first kappa shape index (κ1) is 21.5. The third-order valence-corrected chi connectivity index (χ3v) is 6.63. The van der Waals surface area contributed by atoms with Crippen molar-refractivity contribution < 1.29 is 4.74 Å². The van der Waals surface area contributed by atoms with Crippen LogP contribution in [0.25, 0.3) is 21.9 Å². The lowest BCUT2D eigenvalue weighted by Crippen LogP contribution is -2.43. The number of anilines is 1. The van der Waals surface area contributed by atoms with E-state index in [9.17, 15) is 0 Å². The molecule has 0 atom stereocenters. The molecule has 6 nitrogen and oxygen atoms in total. The van der Waals surface area contributed by atoms with Crippen LogP contribution in [0.3, 0.4) is 0 Å². The molecule has 1 aliphatic rings. The number of fused-ring (bicyclic) bond motifs is 1. The minimum absolute atomic E-state index is 0.606. The molecule has 2 aromatic heterocycles. The van der Waals surface area contributed by atoms with E-state index < -0.39 is 0 Å². The van der Waals surface area contributed by atoms with Crippen LogP contribution < -0.4 is 15.0 Å². The van der Waals surface area contributed by atoms with Crippen molar-refractivity contribution in [2.45, 2.75) is 20.3 Å². The fourth-order valence-electron chi connectivity index (χ4n) is 4.75. The molecule has 0 aliphatic carbocycles. The standard InChI is InChI=1S/C27H31N5O/c1-19-23(20(2)31(3)30-19)11-17-33-25-9-8-21-6-4-5-7-24(21)27(25)22-10-12-29-26(18-22)32-15-13-28-14-16-32/h4-10,12,18,28H,11,13-17H2,1-3H3. The van der Waals surface area contributed by atoms with Crippen LogP contribution in [0.4, 0.5) is 5.82 Å². The Morgan fingerprint density at radius 3 is 2.64 bits per heavy atom. The van der Waals surface area contributed by atoms with Gasteiger partial charge in [0, 0.05) is 57.1 Å². The van der Waals surface area contributed by atoms with Crippen molar-refractivity contribution in [1.29, 1.82) is 0 Å². The molecule has 1 aliphatic heterocycles. The highest BCUT2D eigenvalue weighted by Gasteiger charge is 2.16. The Balaban J connectivity index is 1.49. The summed E-state index contributed by atoms with van der Waals surface area (Å²) in [6.07, 6.45) is 2.75. The lowest BCUT2D eigenvalue weighted by Gasteiger charge is -2.28. The maximum atomic E-state index is 6.43. The van der Waals surface area contributed by atoms with Gasteiger partial charge in [0.05, 0.1) is 12.3 Å².